The zero-order chi connectivity index (χ0) is 30.0. The average molecular weight is 567 g/mol. The molecule has 5 rings (SSSR count). The van der Waals surface area contributed by atoms with Gasteiger partial charge in [0.1, 0.15) is 0 Å². The maximum absolute atomic E-state index is 13.1. The second-order valence-electron chi connectivity index (χ2n) is 13.0. The highest BCUT2D eigenvalue weighted by Crippen LogP contribution is 2.40. The lowest BCUT2D eigenvalue weighted by Gasteiger charge is -2.38. The van der Waals surface area contributed by atoms with E-state index in [4.69, 9.17) is 0 Å². The second kappa shape index (κ2) is 12.2. The van der Waals surface area contributed by atoms with Crippen molar-refractivity contribution in [3.63, 3.8) is 0 Å². The van der Waals surface area contributed by atoms with Crippen LogP contribution in [0.2, 0.25) is 0 Å². The van der Waals surface area contributed by atoms with Gasteiger partial charge in [0.15, 0.2) is 0 Å². The summed E-state index contributed by atoms with van der Waals surface area (Å²) in [5.74, 6) is 0.242. The molecule has 1 fully saturated rings. The molecule has 0 radical (unpaired) electrons. The van der Waals surface area contributed by atoms with Gasteiger partial charge in [-0.15, -0.1) is 0 Å². The van der Waals surface area contributed by atoms with E-state index in [0.717, 1.165) is 49.3 Å². The summed E-state index contributed by atoms with van der Waals surface area (Å²) < 4.78 is 0. The third-order valence-electron chi connectivity index (χ3n) is 9.15. The molecule has 1 saturated heterocycles. The summed E-state index contributed by atoms with van der Waals surface area (Å²) in [7, 11) is 0. The van der Waals surface area contributed by atoms with Gasteiger partial charge in [-0.1, -0.05) is 89.8 Å². The van der Waals surface area contributed by atoms with Crippen LogP contribution in [0.1, 0.15) is 111 Å². The van der Waals surface area contributed by atoms with E-state index in [0.29, 0.717) is 48.0 Å². The molecule has 3 aromatic rings. The SMILES string of the molecule is CC(CCCCCN1C(=O)c2cccc3cccc(c23)C1=O)CCC1(C)CC(=O)N(c2ccc(C(C)C)cc2)C(=O)C1. The highest BCUT2D eigenvalue weighted by atomic mass is 16.2. The molecule has 0 aliphatic carbocycles. The molecule has 0 bridgehead atoms. The first-order valence-corrected chi connectivity index (χ1v) is 15.4. The first-order valence-electron chi connectivity index (χ1n) is 15.4. The number of anilines is 1. The lowest BCUT2D eigenvalue weighted by atomic mass is 9.74. The molecule has 220 valence electrons. The quantitative estimate of drug-likeness (QED) is 0.175. The Morgan fingerprint density at radius 2 is 1.33 bits per heavy atom. The second-order valence-corrected chi connectivity index (χ2v) is 13.0. The molecule has 6 heteroatoms. The minimum Gasteiger partial charge on any atom is -0.274 e. The molecular formula is C36H42N2O4. The normalized spacial score (nSPS) is 17.5. The molecule has 6 nitrogen and oxygen atoms in total. The van der Waals surface area contributed by atoms with Crippen LogP contribution in [0.5, 0.6) is 0 Å². The Hall–Kier alpha value is -3.80. The summed E-state index contributed by atoms with van der Waals surface area (Å²) in [6, 6.07) is 19.0. The maximum Gasteiger partial charge on any atom is 0.261 e. The molecule has 3 aromatic carbocycles. The maximum atomic E-state index is 13.1. The number of piperidine rings is 1. The van der Waals surface area contributed by atoms with E-state index < -0.39 is 0 Å². The fraction of sp³-hybridized carbons (Fsp3) is 0.444. The van der Waals surface area contributed by atoms with Crippen LogP contribution >= 0.6 is 0 Å². The number of carbonyl (C=O) groups is 4. The summed E-state index contributed by atoms with van der Waals surface area (Å²) in [5, 5.41) is 1.69. The van der Waals surface area contributed by atoms with Crippen molar-refractivity contribution in [2.45, 2.75) is 85.0 Å². The summed E-state index contributed by atoms with van der Waals surface area (Å²) in [6.45, 7) is 8.97. The number of benzene rings is 3. The average Bonchev–Trinajstić information content (AvgIpc) is 2.96. The van der Waals surface area contributed by atoms with Gasteiger partial charge in [0.05, 0.1) is 5.69 Å². The summed E-state index contributed by atoms with van der Waals surface area (Å²) in [5.41, 5.74) is 2.75. The molecule has 2 heterocycles. The molecule has 0 spiro atoms. The Bertz CT molecular complexity index is 1440. The highest BCUT2D eigenvalue weighted by molar-refractivity contribution is 6.25. The van der Waals surface area contributed by atoms with Crippen LogP contribution in [0.4, 0.5) is 5.69 Å². The predicted octanol–water partition coefficient (Wildman–Crippen LogP) is 7.90. The minimum atomic E-state index is -0.315. The Morgan fingerprint density at radius 3 is 1.90 bits per heavy atom. The van der Waals surface area contributed by atoms with Crippen molar-refractivity contribution in [3.05, 3.63) is 77.4 Å². The van der Waals surface area contributed by atoms with Gasteiger partial charge < -0.3 is 0 Å². The Morgan fingerprint density at radius 1 is 0.738 bits per heavy atom. The lowest BCUT2D eigenvalue weighted by Crippen LogP contribution is -2.47. The van der Waals surface area contributed by atoms with Crippen molar-refractivity contribution in [1.29, 1.82) is 0 Å². The van der Waals surface area contributed by atoms with Crippen molar-refractivity contribution in [2.24, 2.45) is 11.3 Å². The third kappa shape index (κ3) is 6.04. The topological polar surface area (TPSA) is 74.8 Å². The molecule has 1 unspecified atom stereocenters. The van der Waals surface area contributed by atoms with E-state index in [1.807, 2.05) is 60.7 Å². The number of rotatable bonds is 11. The van der Waals surface area contributed by atoms with Crippen LogP contribution in [0.15, 0.2) is 60.7 Å². The summed E-state index contributed by atoms with van der Waals surface area (Å²) in [4.78, 5) is 55.1. The first kappa shape index (κ1) is 29.7. The van der Waals surface area contributed by atoms with Crippen LogP contribution < -0.4 is 4.90 Å². The molecule has 4 amide bonds. The Labute approximate surface area is 249 Å². The van der Waals surface area contributed by atoms with Crippen molar-refractivity contribution < 1.29 is 19.2 Å². The van der Waals surface area contributed by atoms with E-state index in [1.165, 1.54) is 15.4 Å². The van der Waals surface area contributed by atoms with Gasteiger partial charge in [-0.05, 0) is 65.3 Å². The molecule has 2 aliphatic heterocycles. The van der Waals surface area contributed by atoms with E-state index in [1.54, 1.807) is 0 Å². The van der Waals surface area contributed by atoms with Gasteiger partial charge in [0.2, 0.25) is 11.8 Å². The largest absolute Gasteiger partial charge is 0.274 e. The van der Waals surface area contributed by atoms with Gasteiger partial charge in [0.25, 0.3) is 11.8 Å². The van der Waals surface area contributed by atoms with E-state index in [2.05, 4.69) is 27.7 Å². The number of unbranched alkanes of at least 4 members (excludes halogenated alkanes) is 2. The number of carbonyl (C=O) groups excluding carboxylic acids is 4. The van der Waals surface area contributed by atoms with Gasteiger partial charge in [-0.3, -0.25) is 29.0 Å². The number of hydrogen-bond acceptors (Lipinski definition) is 4. The number of amides is 4. The van der Waals surface area contributed by atoms with E-state index in [-0.39, 0.29) is 29.0 Å². The summed E-state index contributed by atoms with van der Waals surface area (Å²) >= 11 is 0. The highest BCUT2D eigenvalue weighted by Gasteiger charge is 2.41. The lowest BCUT2D eigenvalue weighted by molar-refractivity contribution is -0.133. The van der Waals surface area contributed by atoms with Crippen LogP contribution in [0.25, 0.3) is 10.8 Å². The van der Waals surface area contributed by atoms with Crippen molar-refractivity contribution in [2.75, 3.05) is 11.4 Å². The van der Waals surface area contributed by atoms with Crippen molar-refractivity contribution >= 4 is 40.1 Å². The predicted molar refractivity (Wildman–Crippen MR) is 167 cm³/mol. The van der Waals surface area contributed by atoms with Crippen LogP contribution in [-0.4, -0.2) is 35.1 Å². The first-order chi connectivity index (χ1) is 20.1. The van der Waals surface area contributed by atoms with Crippen LogP contribution in [0.3, 0.4) is 0 Å². The Balaban J connectivity index is 1.06. The van der Waals surface area contributed by atoms with Gasteiger partial charge in [0, 0.05) is 35.9 Å². The summed E-state index contributed by atoms with van der Waals surface area (Å²) in [6.07, 6.45) is 6.33. The van der Waals surface area contributed by atoms with Crippen LogP contribution in [0, 0.1) is 11.3 Å². The number of hydrogen-bond donors (Lipinski definition) is 0. The monoisotopic (exact) mass is 566 g/mol. The smallest absolute Gasteiger partial charge is 0.261 e. The minimum absolute atomic E-state index is 0.112. The van der Waals surface area contributed by atoms with Gasteiger partial charge in [-0.2, -0.15) is 0 Å². The standard InChI is InChI=1S/C36H42N2O4/c1-24(2)26-15-17-28(18-16-26)38-31(39)22-36(4,23-32(38)40)20-19-25(3)10-6-5-7-21-37-34(41)29-13-8-11-27-12-9-14-30(33(27)29)35(37)42/h8-9,11-18,24-25H,5-7,10,19-23H2,1-4H3. The molecule has 42 heavy (non-hydrogen) atoms. The number of nitrogens with zero attached hydrogens (tertiary/aromatic N) is 2. The molecule has 2 aliphatic rings. The van der Waals surface area contributed by atoms with Gasteiger partial charge >= 0.3 is 0 Å². The zero-order valence-electron chi connectivity index (χ0n) is 25.3. The van der Waals surface area contributed by atoms with E-state index in [9.17, 15) is 19.2 Å². The molecular weight excluding hydrogens is 524 g/mol. The van der Waals surface area contributed by atoms with Gasteiger partial charge in [-0.25, -0.2) is 0 Å². The van der Waals surface area contributed by atoms with Crippen molar-refractivity contribution in [1.82, 2.24) is 4.90 Å². The molecule has 0 saturated carbocycles. The molecule has 1 atom stereocenters. The van der Waals surface area contributed by atoms with Crippen molar-refractivity contribution in [3.8, 4) is 0 Å². The van der Waals surface area contributed by atoms with E-state index >= 15 is 0 Å². The fourth-order valence-corrected chi connectivity index (χ4v) is 6.53. The fourth-order valence-electron chi connectivity index (χ4n) is 6.53. The molecule has 0 N–H and O–H groups in total. The zero-order valence-corrected chi connectivity index (χ0v) is 25.3. The number of imide groups is 2. The van der Waals surface area contributed by atoms with Crippen LogP contribution in [-0.2, 0) is 9.59 Å². The third-order valence-corrected chi connectivity index (χ3v) is 9.15. The molecule has 0 aromatic heterocycles. The Kier molecular flexibility index (Phi) is 8.63.